The van der Waals surface area contributed by atoms with E-state index in [1.807, 2.05) is 194 Å². The lowest BCUT2D eigenvalue weighted by Gasteiger charge is -2.36. The molecule has 0 saturated carbocycles. The number of carbonyl (C=O) groups excluding carboxylic acids is 4. The summed E-state index contributed by atoms with van der Waals surface area (Å²) in [5.74, 6) is 8.57. The molecule has 0 aliphatic carbocycles. The van der Waals surface area contributed by atoms with Crippen LogP contribution < -0.4 is 34.2 Å². The number of aromatic nitrogens is 3. The smallest absolute Gasteiger partial charge is 0.537 e. The lowest BCUT2D eigenvalue weighted by atomic mass is 9.83. The molecule has 632 valence electrons. The van der Waals surface area contributed by atoms with Crippen molar-refractivity contribution in [3.63, 3.8) is 0 Å². The van der Waals surface area contributed by atoms with Gasteiger partial charge in [-0.05, 0) is 168 Å². The molecule has 0 saturated heterocycles. The summed E-state index contributed by atoms with van der Waals surface area (Å²) < 4.78 is 29.9. The number of benzene rings is 13. The molecule has 5 N–H and O–H groups in total. The van der Waals surface area contributed by atoms with E-state index in [-0.39, 0.29) is 74.1 Å². The number of aliphatic hydroxyl groups excluding tert-OH is 1. The summed E-state index contributed by atoms with van der Waals surface area (Å²) in [6.07, 6.45) is 2.99. The van der Waals surface area contributed by atoms with E-state index in [0.717, 1.165) is 104 Å². The molecule has 0 aliphatic rings. The third kappa shape index (κ3) is 21.2. The van der Waals surface area contributed by atoms with Crippen LogP contribution in [0.2, 0.25) is 0 Å². The second kappa shape index (κ2) is 42.2. The van der Waals surface area contributed by atoms with Gasteiger partial charge in [0.25, 0.3) is 11.8 Å². The summed E-state index contributed by atoms with van der Waals surface area (Å²) in [7, 11) is 12.3. The molecule has 0 aliphatic heterocycles. The average Bonchev–Trinajstić information content (AvgIpc) is 0.833. The summed E-state index contributed by atoms with van der Waals surface area (Å²) in [5.41, 5.74) is 12.1. The number of aliphatic hydroxyl groups is 1. The van der Waals surface area contributed by atoms with Crippen molar-refractivity contribution in [2.75, 3.05) is 54.7 Å². The SMILES string of the molecule is COc1ccc(C(SCCC(=O)NCCCn2cc(COc3cc(C(=O)N(C)Cc4c5ccccc5c(CN(C)Cc5ccccc5O[B]O)c5ccccc45)ccc3C(=O)N(C)Cc3c4ccccc4c(CN(C)Cc4ccccc4O[B]O)c4ccccc34)nn2)(c2ccc(CO)cc2)c2ccc(OC)c(C#CCCC(=O)NCc3ccccc3)c2)cc1. The van der Waals surface area contributed by atoms with Gasteiger partial charge in [0, 0.05) is 115 Å². The Bertz CT molecular complexity index is 6050. The van der Waals surface area contributed by atoms with Crippen LogP contribution in [0.5, 0.6) is 28.7 Å². The molecule has 14 rings (SSSR count). The van der Waals surface area contributed by atoms with Gasteiger partial charge in [-0.1, -0.05) is 223 Å². The molecule has 1 aromatic heterocycles. The predicted molar refractivity (Wildman–Crippen MR) is 493 cm³/mol. The molecule has 1 heterocycles. The zero-order valence-corrected chi connectivity index (χ0v) is 71.7. The van der Waals surface area contributed by atoms with Crippen molar-refractivity contribution in [3.8, 4) is 40.6 Å². The number of methoxy groups -OCH3 is 2. The van der Waals surface area contributed by atoms with Gasteiger partial charge in [-0.15, -0.1) is 16.9 Å². The summed E-state index contributed by atoms with van der Waals surface area (Å²) in [5, 5.41) is 52.6. The van der Waals surface area contributed by atoms with Crippen molar-refractivity contribution in [2.24, 2.45) is 0 Å². The van der Waals surface area contributed by atoms with Gasteiger partial charge in [0.1, 0.15) is 41.0 Å². The van der Waals surface area contributed by atoms with Gasteiger partial charge < -0.3 is 59.1 Å². The van der Waals surface area contributed by atoms with Crippen molar-refractivity contribution in [2.45, 2.75) is 96.0 Å². The third-order valence-corrected chi connectivity index (χ3v) is 24.0. The van der Waals surface area contributed by atoms with Crippen LogP contribution in [-0.4, -0.2) is 143 Å². The molecule has 125 heavy (non-hydrogen) atoms. The first-order valence-corrected chi connectivity index (χ1v) is 42.5. The standard InChI is InChI=1S/C101H99B2N9O12S/c1-108(60-73-28-10-21-38-94(73)123-102-118)63-89-80-30-13-17-34-84(80)91(85-35-18-14-31-81(85)89)65-110(3)99(116)72-43-51-88(100(117)111(4)66-92-86-36-19-15-32-82(86)90(83-33-16-20-37-87(83)92)64-109(2)61-74-29-11-22-39-95(74)124-103-119)96(58-72)122-68-78-62-112(107-106-78)55-24-54-104-98(115)53-56-125-101(75-44-41-70(67-113)42-45-75,76-46-49-79(120-5)50-47-76)77-48-52-93(121-6)71(57-77)27-12-23-40-97(114)105-59-69-25-8-7-9-26-69/h7-11,13-22,25-26,28-39,41-52,57-58,62,113,118-119H,23-24,40,53-56,59-61,63-68H2,1-6H3,(H,104,115)(H,105,114). The fraction of sp³-hybridized carbons (Fsp3) is 0.228. The highest BCUT2D eigenvalue weighted by molar-refractivity contribution is 8.00. The summed E-state index contributed by atoms with van der Waals surface area (Å²) in [4.78, 5) is 65.5. The van der Waals surface area contributed by atoms with Crippen LogP contribution in [0.1, 0.15) is 119 Å². The number of fused-ring (bicyclic) bond motifs is 4. The molecule has 14 aromatic rings. The van der Waals surface area contributed by atoms with Crippen LogP contribution in [0.4, 0.5) is 0 Å². The van der Waals surface area contributed by atoms with Gasteiger partial charge in [-0.2, -0.15) is 0 Å². The second-order valence-electron chi connectivity index (χ2n) is 30.9. The highest BCUT2D eigenvalue weighted by atomic mass is 32.2. The maximum Gasteiger partial charge on any atom is 0.569 e. The highest BCUT2D eigenvalue weighted by Crippen LogP contribution is 2.50. The summed E-state index contributed by atoms with van der Waals surface area (Å²) in [6.45, 7) is 3.63. The Kier molecular flexibility index (Phi) is 29.8. The van der Waals surface area contributed by atoms with Crippen molar-refractivity contribution in [1.29, 1.82) is 0 Å². The Balaban J connectivity index is 0.688. The largest absolute Gasteiger partial charge is 0.569 e. The number of thioether (sulfide) groups is 1. The van der Waals surface area contributed by atoms with Crippen LogP contribution in [0.25, 0.3) is 43.1 Å². The number of nitrogens with zero attached hydrogens (tertiary/aromatic N) is 7. The minimum atomic E-state index is -0.917. The Labute approximate surface area is 734 Å². The van der Waals surface area contributed by atoms with E-state index in [4.69, 9.17) is 23.5 Å². The van der Waals surface area contributed by atoms with Crippen molar-refractivity contribution >= 4 is 93.9 Å². The first kappa shape index (κ1) is 88.1. The van der Waals surface area contributed by atoms with Gasteiger partial charge in [0.2, 0.25) is 11.8 Å². The fourth-order valence-electron chi connectivity index (χ4n) is 16.3. The Morgan fingerprint density at radius 1 is 0.496 bits per heavy atom. The molecule has 1 atom stereocenters. The molecule has 21 nitrogen and oxygen atoms in total. The van der Waals surface area contributed by atoms with E-state index in [1.165, 1.54) is 0 Å². The minimum Gasteiger partial charge on any atom is -0.537 e. The van der Waals surface area contributed by atoms with Gasteiger partial charge in [0.15, 0.2) is 0 Å². The number of hydrogen-bond donors (Lipinski definition) is 5. The van der Waals surface area contributed by atoms with Gasteiger partial charge >= 0.3 is 15.4 Å². The number of ether oxygens (including phenoxy) is 3. The molecule has 0 bridgehead atoms. The zero-order valence-electron chi connectivity index (χ0n) is 70.9. The Hall–Kier alpha value is -13.2. The monoisotopic (exact) mass is 1680 g/mol. The van der Waals surface area contributed by atoms with E-state index in [9.17, 15) is 24.7 Å². The number of rotatable bonds is 39. The predicted octanol–water partition coefficient (Wildman–Crippen LogP) is 15.7. The summed E-state index contributed by atoms with van der Waals surface area (Å²) >= 11 is 1.60. The van der Waals surface area contributed by atoms with E-state index >= 15 is 9.59 Å². The van der Waals surface area contributed by atoms with Crippen LogP contribution in [-0.2, 0) is 79.9 Å². The van der Waals surface area contributed by atoms with Crippen LogP contribution in [0.3, 0.4) is 0 Å². The average molecular weight is 1680 g/mol. The number of aryl methyl sites for hydroxylation is 1. The zero-order chi connectivity index (χ0) is 87.2. The van der Waals surface area contributed by atoms with Crippen molar-refractivity contribution < 1.29 is 57.9 Å². The van der Waals surface area contributed by atoms with Crippen LogP contribution >= 0.6 is 11.8 Å². The third-order valence-electron chi connectivity index (χ3n) is 22.5. The second-order valence-corrected chi connectivity index (χ2v) is 32.3. The van der Waals surface area contributed by atoms with Gasteiger partial charge in [0.05, 0.1) is 42.9 Å². The lowest BCUT2D eigenvalue weighted by Crippen LogP contribution is -2.29. The van der Waals surface area contributed by atoms with E-state index in [2.05, 4.69) is 105 Å². The quantitative estimate of drug-likeness (QED) is 0.00790. The number of hydrogen-bond acceptors (Lipinski definition) is 17. The molecular weight excluding hydrogens is 1580 g/mol. The fourth-order valence-corrected chi connectivity index (χ4v) is 17.8. The molecule has 2 radical (unpaired) electrons. The van der Waals surface area contributed by atoms with E-state index < -0.39 is 4.75 Å². The van der Waals surface area contributed by atoms with Crippen LogP contribution in [0, 0.1) is 11.8 Å². The highest BCUT2D eigenvalue weighted by Gasteiger charge is 2.38. The topological polar surface area (TPSA) is 243 Å². The first-order valence-electron chi connectivity index (χ1n) is 41.6. The van der Waals surface area contributed by atoms with Crippen LogP contribution in [0.15, 0.2) is 267 Å². The number of nitrogens with one attached hydrogen (secondary N) is 2. The lowest BCUT2D eigenvalue weighted by molar-refractivity contribution is -0.121. The molecule has 4 amide bonds. The Morgan fingerprint density at radius 3 is 1.52 bits per heavy atom. The van der Waals surface area contributed by atoms with Gasteiger partial charge in [-0.25, -0.2) is 0 Å². The van der Waals surface area contributed by atoms with E-state index in [1.54, 1.807) is 79.0 Å². The maximum atomic E-state index is 15.5. The molecule has 13 aromatic carbocycles. The molecule has 0 fully saturated rings. The van der Waals surface area contributed by atoms with Crippen molar-refractivity contribution in [1.82, 2.24) is 45.2 Å². The maximum absolute atomic E-state index is 15.5. The summed E-state index contributed by atoms with van der Waals surface area (Å²) in [6, 6.07) is 84.7. The number of para-hydroxylation sites is 2. The van der Waals surface area contributed by atoms with Gasteiger partial charge in [-0.3, -0.25) is 33.7 Å². The minimum absolute atomic E-state index is 0.103. The molecule has 24 heteroatoms. The number of carbonyl (C=O) groups is 4. The normalized spacial score (nSPS) is 11.7. The molecule has 1 unspecified atom stereocenters. The Morgan fingerprint density at radius 2 is 0.992 bits per heavy atom. The molecule has 0 spiro atoms. The van der Waals surface area contributed by atoms with Crippen molar-refractivity contribution in [3.05, 3.63) is 351 Å². The van der Waals surface area contributed by atoms with E-state index in [0.29, 0.717) is 120 Å². The number of amides is 4. The molecular formula is C101H99B2N9O12S. The first-order chi connectivity index (χ1) is 61.0.